The monoisotopic (exact) mass is 268 g/mol. The first-order valence-electron chi connectivity index (χ1n) is 6.43. The lowest BCUT2D eigenvalue weighted by Crippen LogP contribution is -2.43. The molecule has 5 rings (SSSR count). The Morgan fingerprint density at radius 3 is 2.56 bits per heavy atom. The van der Waals surface area contributed by atoms with Gasteiger partial charge in [-0.25, -0.2) is 0 Å². The number of hydrogen-bond acceptors (Lipinski definition) is 2. The first-order chi connectivity index (χ1) is 8.79. The van der Waals surface area contributed by atoms with E-state index in [1.54, 1.807) is 0 Å². The molecule has 2 saturated heterocycles. The third-order valence-corrected chi connectivity index (χ3v) is 8.67. The Morgan fingerprint density at radius 1 is 0.833 bits per heavy atom. The number of hydrogen-bond donors (Lipinski definition) is 0. The SMILES string of the molecule is C1#CC23C=CC=CC2(S3)C23C=CC=CC2(CC1)S3. The topological polar surface area (TPSA) is 0 Å². The zero-order chi connectivity index (χ0) is 11.9. The molecule has 5 aliphatic rings. The van der Waals surface area contributed by atoms with Crippen molar-refractivity contribution in [3.8, 4) is 11.8 Å². The van der Waals surface area contributed by atoms with Gasteiger partial charge >= 0.3 is 0 Å². The lowest BCUT2D eigenvalue weighted by Gasteiger charge is -2.29. The maximum Gasteiger partial charge on any atom is 0.116 e. The summed E-state index contributed by atoms with van der Waals surface area (Å²) >= 11 is 4.20. The van der Waals surface area contributed by atoms with Gasteiger partial charge in [0.05, 0.1) is 14.2 Å². The summed E-state index contributed by atoms with van der Waals surface area (Å²) in [6.45, 7) is 0. The summed E-state index contributed by atoms with van der Waals surface area (Å²) in [5.41, 5.74) is 0. The molecular weight excluding hydrogens is 256 g/mol. The first-order valence-corrected chi connectivity index (χ1v) is 8.06. The van der Waals surface area contributed by atoms with Crippen molar-refractivity contribution >= 4 is 23.5 Å². The van der Waals surface area contributed by atoms with E-state index < -0.39 is 0 Å². The van der Waals surface area contributed by atoms with Gasteiger partial charge in [0.15, 0.2) is 0 Å². The van der Waals surface area contributed by atoms with Gasteiger partial charge in [-0.2, -0.15) is 0 Å². The molecule has 0 bridgehead atoms. The molecule has 18 heavy (non-hydrogen) atoms. The Hall–Kier alpha value is -0.780. The molecule has 2 fully saturated rings. The summed E-state index contributed by atoms with van der Waals surface area (Å²) in [5, 5.41) is 0. The van der Waals surface area contributed by atoms with Crippen molar-refractivity contribution in [2.24, 2.45) is 0 Å². The highest BCUT2D eigenvalue weighted by atomic mass is 32.2. The van der Waals surface area contributed by atoms with Gasteiger partial charge in [0, 0.05) is 6.42 Å². The van der Waals surface area contributed by atoms with Gasteiger partial charge in [0.2, 0.25) is 0 Å². The number of thioether (sulfide) groups is 2. The van der Waals surface area contributed by atoms with Crippen molar-refractivity contribution in [3.05, 3.63) is 48.6 Å². The standard InChI is InChI=1S/C16H12S2/c1-2-8-14-10-4-6-12-16(14,18-14)15-11-5-3-9-13(15,7-1)17-15/h3-6,9-12H,1,7H2. The van der Waals surface area contributed by atoms with Crippen LogP contribution in [0.2, 0.25) is 0 Å². The molecule has 0 spiro atoms. The van der Waals surface area contributed by atoms with Crippen LogP contribution in [0.25, 0.3) is 0 Å². The molecule has 0 aromatic carbocycles. The van der Waals surface area contributed by atoms with Crippen molar-refractivity contribution in [3.63, 3.8) is 0 Å². The van der Waals surface area contributed by atoms with Gasteiger partial charge in [-0.1, -0.05) is 54.5 Å². The van der Waals surface area contributed by atoms with E-state index in [4.69, 9.17) is 0 Å². The lowest BCUT2D eigenvalue weighted by atomic mass is 9.69. The summed E-state index contributed by atoms with van der Waals surface area (Å²) in [5.74, 6) is 6.97. The van der Waals surface area contributed by atoms with Gasteiger partial charge in [-0.05, 0) is 6.42 Å². The maximum absolute atomic E-state index is 3.55. The highest BCUT2D eigenvalue weighted by Gasteiger charge is 2.87. The summed E-state index contributed by atoms with van der Waals surface area (Å²) in [7, 11) is 0. The maximum atomic E-state index is 3.55. The van der Waals surface area contributed by atoms with Gasteiger partial charge in [0.1, 0.15) is 4.75 Å². The van der Waals surface area contributed by atoms with E-state index in [0.29, 0.717) is 4.75 Å². The minimum atomic E-state index is 0.0619. The van der Waals surface area contributed by atoms with E-state index in [-0.39, 0.29) is 14.2 Å². The number of rotatable bonds is 0. The van der Waals surface area contributed by atoms with Gasteiger partial charge < -0.3 is 0 Å². The minimum Gasteiger partial charge on any atom is -0.134 e. The van der Waals surface area contributed by atoms with Gasteiger partial charge in [0.25, 0.3) is 0 Å². The van der Waals surface area contributed by atoms with Crippen LogP contribution in [-0.2, 0) is 0 Å². The van der Waals surface area contributed by atoms with Crippen LogP contribution in [-0.4, -0.2) is 19.0 Å². The smallest absolute Gasteiger partial charge is 0.116 e. The van der Waals surface area contributed by atoms with Crippen LogP contribution in [0.15, 0.2) is 48.6 Å². The molecule has 0 radical (unpaired) electrons. The lowest BCUT2D eigenvalue weighted by molar-refractivity contribution is 0.543. The predicted molar refractivity (Wildman–Crippen MR) is 79.7 cm³/mol. The summed E-state index contributed by atoms with van der Waals surface area (Å²) in [4.78, 5) is 0. The third kappa shape index (κ3) is 0.821. The molecule has 2 aliphatic heterocycles. The Balaban J connectivity index is 1.78. The number of allylic oxidation sites excluding steroid dienone is 4. The van der Waals surface area contributed by atoms with E-state index in [9.17, 15) is 0 Å². The van der Waals surface area contributed by atoms with Gasteiger partial charge in [-0.15, -0.1) is 29.4 Å². The molecule has 0 nitrogen and oxygen atoms in total. The molecule has 0 N–H and O–H groups in total. The second-order valence-electron chi connectivity index (χ2n) is 5.54. The second-order valence-corrected chi connectivity index (χ2v) is 8.61. The molecule has 0 aromatic rings. The predicted octanol–water partition coefficient (Wildman–Crippen LogP) is 3.48. The van der Waals surface area contributed by atoms with E-state index in [2.05, 4.69) is 84.0 Å². The average Bonchev–Trinajstić information content (AvgIpc) is 3.24. The van der Waals surface area contributed by atoms with Crippen LogP contribution in [0.4, 0.5) is 0 Å². The van der Waals surface area contributed by atoms with Crippen LogP contribution in [0.1, 0.15) is 12.8 Å². The van der Waals surface area contributed by atoms with Crippen molar-refractivity contribution in [2.75, 3.05) is 0 Å². The van der Waals surface area contributed by atoms with Crippen LogP contribution < -0.4 is 0 Å². The Morgan fingerprint density at radius 2 is 1.61 bits per heavy atom. The fourth-order valence-electron chi connectivity index (χ4n) is 3.83. The molecule has 2 heteroatoms. The van der Waals surface area contributed by atoms with Crippen LogP contribution in [0, 0.1) is 11.8 Å². The normalized spacial score (nSPS) is 56.0. The summed E-state index contributed by atoms with van der Waals surface area (Å²) in [6, 6.07) is 0. The highest BCUT2D eigenvalue weighted by molar-refractivity contribution is 8.16. The van der Waals surface area contributed by atoms with E-state index in [1.807, 2.05) is 0 Å². The van der Waals surface area contributed by atoms with Crippen molar-refractivity contribution < 1.29 is 0 Å². The molecule has 0 aromatic heterocycles. The quantitative estimate of drug-likeness (QED) is 0.487. The van der Waals surface area contributed by atoms with E-state index in [0.717, 1.165) is 6.42 Å². The Bertz CT molecular complexity index is 644. The largest absolute Gasteiger partial charge is 0.134 e. The molecule has 0 amide bonds. The van der Waals surface area contributed by atoms with Crippen molar-refractivity contribution in [1.29, 1.82) is 0 Å². The van der Waals surface area contributed by atoms with Crippen molar-refractivity contribution in [2.45, 2.75) is 31.8 Å². The Labute approximate surface area is 116 Å². The third-order valence-electron chi connectivity index (χ3n) is 4.79. The highest BCUT2D eigenvalue weighted by Crippen LogP contribution is 2.86. The fourth-order valence-corrected chi connectivity index (χ4v) is 7.64. The molecule has 3 aliphatic carbocycles. The minimum absolute atomic E-state index is 0.0619. The molecule has 4 atom stereocenters. The molecular formula is C16H12S2. The summed E-state index contributed by atoms with van der Waals surface area (Å²) in [6.07, 6.45) is 20.7. The molecule has 2 heterocycles. The Kier molecular flexibility index (Phi) is 1.52. The van der Waals surface area contributed by atoms with Crippen molar-refractivity contribution in [1.82, 2.24) is 0 Å². The zero-order valence-corrected chi connectivity index (χ0v) is 11.5. The molecule has 88 valence electrons. The molecule has 4 unspecified atom stereocenters. The average molecular weight is 268 g/mol. The van der Waals surface area contributed by atoms with Crippen LogP contribution in [0.3, 0.4) is 0 Å². The van der Waals surface area contributed by atoms with Crippen LogP contribution >= 0.6 is 23.5 Å². The van der Waals surface area contributed by atoms with Crippen LogP contribution in [0.5, 0.6) is 0 Å². The zero-order valence-electron chi connectivity index (χ0n) is 9.85. The fraction of sp³-hybridized carbons (Fsp3) is 0.375. The van der Waals surface area contributed by atoms with E-state index in [1.165, 1.54) is 6.42 Å². The first kappa shape index (κ1) is 10.1. The molecule has 0 saturated carbocycles. The van der Waals surface area contributed by atoms with Gasteiger partial charge in [-0.3, -0.25) is 0 Å². The second kappa shape index (κ2) is 2.71. The van der Waals surface area contributed by atoms with E-state index >= 15 is 0 Å². The summed E-state index contributed by atoms with van der Waals surface area (Å²) < 4.78 is 0.831.